The van der Waals surface area contributed by atoms with Crippen molar-refractivity contribution in [3.63, 3.8) is 0 Å². The number of aryl methyl sites for hydroxylation is 1. The molecule has 0 aromatic heterocycles. The van der Waals surface area contributed by atoms with Crippen LogP contribution in [0.5, 0.6) is 5.75 Å². The summed E-state index contributed by atoms with van der Waals surface area (Å²) in [7, 11) is 0. The van der Waals surface area contributed by atoms with E-state index in [0.717, 1.165) is 37.7 Å². The fraction of sp³-hybridized carbons (Fsp3) is 0.481. The number of aromatic hydroxyl groups is 1. The zero-order valence-electron chi connectivity index (χ0n) is 17.9. The average Bonchev–Trinajstić information content (AvgIpc) is 2.96. The third-order valence-corrected chi connectivity index (χ3v) is 7.77. The minimum Gasteiger partial charge on any atom is -0.508 e. The molecule has 4 rings (SSSR count). The van der Waals surface area contributed by atoms with Crippen molar-refractivity contribution in [1.82, 2.24) is 0 Å². The van der Waals surface area contributed by atoms with E-state index in [1.165, 1.54) is 16.7 Å². The Balaban J connectivity index is 1.66. The lowest BCUT2D eigenvalue weighted by molar-refractivity contribution is -0.0160. The van der Waals surface area contributed by atoms with E-state index in [1.807, 2.05) is 32.1 Å². The van der Waals surface area contributed by atoms with Gasteiger partial charge in [0.15, 0.2) is 0 Å². The molecular formula is C27H34O2. The second-order valence-electron chi connectivity index (χ2n) is 9.36. The molecular weight excluding hydrogens is 356 g/mol. The van der Waals surface area contributed by atoms with Gasteiger partial charge in [-0.1, -0.05) is 49.4 Å². The van der Waals surface area contributed by atoms with Gasteiger partial charge in [-0.05, 0) is 98.1 Å². The van der Waals surface area contributed by atoms with E-state index in [2.05, 4.69) is 43.4 Å². The Bertz CT molecular complexity index is 888. The summed E-state index contributed by atoms with van der Waals surface area (Å²) in [6.45, 7) is 6.38. The van der Waals surface area contributed by atoms with Crippen molar-refractivity contribution in [1.29, 1.82) is 0 Å². The quantitative estimate of drug-likeness (QED) is 0.601. The molecule has 3 aliphatic rings. The topological polar surface area (TPSA) is 40.5 Å². The Morgan fingerprint density at radius 1 is 1.17 bits per heavy atom. The fourth-order valence-electron chi connectivity index (χ4n) is 6.33. The van der Waals surface area contributed by atoms with Crippen LogP contribution in [0.4, 0.5) is 0 Å². The number of phenols is 1. The molecule has 3 aliphatic carbocycles. The summed E-state index contributed by atoms with van der Waals surface area (Å²) in [5, 5.41) is 21.2. The molecule has 2 N–H and O–H groups in total. The number of hydrogen-bond donors (Lipinski definition) is 2. The van der Waals surface area contributed by atoms with Crippen molar-refractivity contribution in [2.75, 3.05) is 0 Å². The molecule has 3 unspecified atom stereocenters. The highest BCUT2D eigenvalue weighted by Crippen LogP contribution is 2.62. The van der Waals surface area contributed by atoms with Crippen LogP contribution in [0.25, 0.3) is 0 Å². The van der Waals surface area contributed by atoms with E-state index >= 15 is 0 Å². The van der Waals surface area contributed by atoms with Gasteiger partial charge < -0.3 is 10.2 Å². The van der Waals surface area contributed by atoms with E-state index in [1.54, 1.807) is 0 Å². The molecule has 0 radical (unpaired) electrons. The van der Waals surface area contributed by atoms with Gasteiger partial charge in [0, 0.05) is 5.41 Å². The average molecular weight is 391 g/mol. The number of hydrogen-bond acceptors (Lipinski definition) is 2. The molecule has 29 heavy (non-hydrogen) atoms. The Hall–Kier alpha value is -2.06. The zero-order chi connectivity index (χ0) is 20.6. The van der Waals surface area contributed by atoms with Crippen LogP contribution in [-0.2, 0) is 6.42 Å². The second kappa shape index (κ2) is 7.99. The summed E-state index contributed by atoms with van der Waals surface area (Å²) in [6.07, 6.45) is 17.7. The second-order valence-corrected chi connectivity index (χ2v) is 9.36. The third-order valence-electron chi connectivity index (χ3n) is 7.77. The lowest BCUT2D eigenvalue weighted by Crippen LogP contribution is -2.44. The van der Waals surface area contributed by atoms with Gasteiger partial charge in [0.1, 0.15) is 5.75 Å². The summed E-state index contributed by atoms with van der Waals surface area (Å²) >= 11 is 0. The maximum atomic E-state index is 11.3. The van der Waals surface area contributed by atoms with Gasteiger partial charge in [-0.25, -0.2) is 0 Å². The molecule has 2 saturated carbocycles. The highest BCUT2D eigenvalue weighted by molar-refractivity contribution is 5.42. The molecule has 0 bridgehead atoms. The van der Waals surface area contributed by atoms with Gasteiger partial charge in [-0.15, -0.1) is 0 Å². The van der Waals surface area contributed by atoms with Crippen LogP contribution in [-0.4, -0.2) is 16.3 Å². The third kappa shape index (κ3) is 3.53. The summed E-state index contributed by atoms with van der Waals surface area (Å²) < 4.78 is 0. The first-order valence-corrected chi connectivity index (χ1v) is 11.1. The smallest absolute Gasteiger partial charge is 0.115 e. The Morgan fingerprint density at radius 3 is 2.76 bits per heavy atom. The van der Waals surface area contributed by atoms with E-state index in [4.69, 9.17) is 0 Å². The van der Waals surface area contributed by atoms with Crippen molar-refractivity contribution in [2.45, 2.75) is 64.9 Å². The Labute approximate surface area is 175 Å². The molecule has 0 heterocycles. The van der Waals surface area contributed by atoms with Crippen LogP contribution < -0.4 is 0 Å². The minimum absolute atomic E-state index is 0.0247. The molecule has 5 atom stereocenters. The fourth-order valence-corrected chi connectivity index (χ4v) is 6.33. The van der Waals surface area contributed by atoms with Crippen LogP contribution in [0.2, 0.25) is 0 Å². The van der Waals surface area contributed by atoms with E-state index in [9.17, 15) is 10.2 Å². The standard InChI is InChI=1S/C27H34O2/c1-4-6-8-18(7-5-2)15-20-17-25-24-11-9-19-16-21(28)10-12-22(19)23(24)13-14-27(25,3)26(20)29/h4-8,10,12,15-16,23-26,28-29H,9,11,13-14,17H2,1-3H3/b6-4?,7-5-,18-8+,20-15+/t23?,24?,25?,26-,27-/m0/s1. The summed E-state index contributed by atoms with van der Waals surface area (Å²) in [4.78, 5) is 0. The van der Waals surface area contributed by atoms with Crippen LogP contribution in [0.15, 0.2) is 65.8 Å². The first-order chi connectivity index (χ1) is 14.0. The molecule has 1 aromatic carbocycles. The Kier molecular flexibility index (Phi) is 5.57. The SMILES string of the molecule is CC=C/C=C(\C=C/C)/C=C1\CC2C3CCc4cc(O)ccc4C3CC[C@]2(C)[C@H]1O. The van der Waals surface area contributed by atoms with Crippen molar-refractivity contribution in [3.05, 3.63) is 76.9 Å². The molecule has 0 saturated heterocycles. The van der Waals surface area contributed by atoms with Gasteiger partial charge in [-0.2, -0.15) is 0 Å². The predicted octanol–water partition coefficient (Wildman–Crippen LogP) is 6.22. The number of benzene rings is 1. The molecule has 0 amide bonds. The maximum Gasteiger partial charge on any atom is 0.115 e. The molecule has 0 spiro atoms. The van der Waals surface area contributed by atoms with E-state index in [-0.39, 0.29) is 11.5 Å². The maximum absolute atomic E-state index is 11.3. The normalized spacial score (nSPS) is 35.9. The number of aliphatic hydroxyl groups is 1. The molecule has 154 valence electrons. The lowest BCUT2D eigenvalue weighted by Gasteiger charge is -2.49. The van der Waals surface area contributed by atoms with Gasteiger partial charge in [0.05, 0.1) is 6.10 Å². The number of allylic oxidation sites excluding steroid dienone is 7. The van der Waals surface area contributed by atoms with Crippen molar-refractivity contribution in [2.24, 2.45) is 17.3 Å². The summed E-state index contributed by atoms with van der Waals surface area (Å²) in [5.41, 5.74) is 5.10. The van der Waals surface area contributed by atoms with Crippen LogP contribution in [0, 0.1) is 17.3 Å². The van der Waals surface area contributed by atoms with Gasteiger partial charge >= 0.3 is 0 Å². The molecule has 2 nitrogen and oxygen atoms in total. The van der Waals surface area contributed by atoms with E-state index < -0.39 is 0 Å². The highest BCUT2D eigenvalue weighted by atomic mass is 16.3. The lowest BCUT2D eigenvalue weighted by atomic mass is 9.55. The predicted molar refractivity (Wildman–Crippen MR) is 120 cm³/mol. The van der Waals surface area contributed by atoms with Crippen LogP contribution >= 0.6 is 0 Å². The molecule has 0 aliphatic heterocycles. The minimum atomic E-state index is -0.353. The largest absolute Gasteiger partial charge is 0.508 e. The van der Waals surface area contributed by atoms with E-state index in [0.29, 0.717) is 23.5 Å². The summed E-state index contributed by atoms with van der Waals surface area (Å²) in [5.74, 6) is 2.10. The number of fused-ring (bicyclic) bond motifs is 5. The van der Waals surface area contributed by atoms with Gasteiger partial charge in [0.2, 0.25) is 0 Å². The molecule has 1 aromatic rings. The van der Waals surface area contributed by atoms with Crippen molar-refractivity contribution >= 4 is 0 Å². The number of aliphatic hydroxyl groups excluding tert-OH is 1. The molecule has 2 heteroatoms. The van der Waals surface area contributed by atoms with Crippen molar-refractivity contribution < 1.29 is 10.2 Å². The number of rotatable bonds is 3. The van der Waals surface area contributed by atoms with Gasteiger partial charge in [-0.3, -0.25) is 0 Å². The first kappa shape index (κ1) is 20.2. The highest BCUT2D eigenvalue weighted by Gasteiger charge is 2.56. The van der Waals surface area contributed by atoms with Crippen molar-refractivity contribution in [3.8, 4) is 5.75 Å². The monoisotopic (exact) mass is 390 g/mol. The van der Waals surface area contributed by atoms with Crippen LogP contribution in [0.1, 0.15) is 63.5 Å². The Morgan fingerprint density at radius 2 is 2.00 bits per heavy atom. The summed E-state index contributed by atoms with van der Waals surface area (Å²) in [6, 6.07) is 5.96. The van der Waals surface area contributed by atoms with Gasteiger partial charge in [0.25, 0.3) is 0 Å². The molecule has 2 fully saturated rings. The zero-order valence-corrected chi connectivity index (χ0v) is 17.9. The van der Waals surface area contributed by atoms with Crippen LogP contribution in [0.3, 0.4) is 0 Å². The number of phenolic OH excluding ortho intramolecular Hbond substituents is 1. The first-order valence-electron chi connectivity index (χ1n) is 11.1.